The van der Waals surface area contributed by atoms with E-state index >= 15 is 0 Å². The van der Waals surface area contributed by atoms with E-state index in [0.29, 0.717) is 36.9 Å². The lowest BCUT2D eigenvalue weighted by molar-refractivity contribution is 0.206. The summed E-state index contributed by atoms with van der Waals surface area (Å²) in [5.41, 5.74) is 4.30. The van der Waals surface area contributed by atoms with Crippen molar-refractivity contribution in [3.05, 3.63) is 65.9 Å². The number of aryl methyl sites for hydroxylation is 1. The zero-order valence-corrected chi connectivity index (χ0v) is 18.6. The van der Waals surface area contributed by atoms with Crippen LogP contribution in [0.5, 0.6) is 0 Å². The Balaban J connectivity index is 1.39. The third-order valence-electron chi connectivity index (χ3n) is 5.51. The van der Waals surface area contributed by atoms with Gasteiger partial charge in [-0.3, -0.25) is 4.68 Å². The second-order valence-corrected chi connectivity index (χ2v) is 8.40. The van der Waals surface area contributed by atoms with Crippen molar-refractivity contribution < 1.29 is 9.32 Å². The Morgan fingerprint density at radius 2 is 2.00 bits per heavy atom. The number of urea groups is 1. The van der Waals surface area contributed by atoms with Crippen LogP contribution in [0.2, 0.25) is 0 Å². The molecule has 0 fully saturated rings. The van der Waals surface area contributed by atoms with Crippen LogP contribution in [0, 0.1) is 0 Å². The Bertz CT molecular complexity index is 1270. The predicted molar refractivity (Wildman–Crippen MR) is 123 cm³/mol. The van der Waals surface area contributed by atoms with Crippen LogP contribution in [0.1, 0.15) is 11.3 Å². The summed E-state index contributed by atoms with van der Waals surface area (Å²) in [4.78, 5) is 20.4. The van der Waals surface area contributed by atoms with Gasteiger partial charge in [0.1, 0.15) is 0 Å². The van der Waals surface area contributed by atoms with Gasteiger partial charge in [-0.2, -0.15) is 10.1 Å². The summed E-state index contributed by atoms with van der Waals surface area (Å²) in [6.07, 6.45) is 2.72. The molecule has 0 radical (unpaired) electrons. The number of thioether (sulfide) groups is 1. The Labute approximate surface area is 189 Å². The largest absolute Gasteiger partial charge is 0.332 e. The van der Waals surface area contributed by atoms with Gasteiger partial charge in [0.15, 0.2) is 5.69 Å². The number of hydrogen-bond acceptors (Lipinski definition) is 6. The minimum absolute atomic E-state index is 0.140. The molecule has 1 aliphatic heterocycles. The number of benzene rings is 2. The van der Waals surface area contributed by atoms with E-state index in [1.807, 2.05) is 72.6 Å². The molecule has 4 aromatic rings. The predicted octanol–water partition coefficient (Wildman–Crippen LogP) is 4.45. The maximum Gasteiger partial charge on any atom is 0.322 e. The molecule has 0 bridgehead atoms. The summed E-state index contributed by atoms with van der Waals surface area (Å²) in [6, 6.07) is 17.3. The summed E-state index contributed by atoms with van der Waals surface area (Å²) in [7, 11) is 1.90. The molecule has 0 unspecified atom stereocenters. The average Bonchev–Trinajstić information content (AvgIpc) is 3.44. The van der Waals surface area contributed by atoms with Gasteiger partial charge in [-0.05, 0) is 24.5 Å². The van der Waals surface area contributed by atoms with E-state index in [-0.39, 0.29) is 6.03 Å². The molecule has 2 aromatic carbocycles. The highest BCUT2D eigenvalue weighted by Gasteiger charge is 2.29. The molecule has 1 N–H and O–H groups in total. The average molecular weight is 447 g/mol. The van der Waals surface area contributed by atoms with Crippen molar-refractivity contribution >= 4 is 23.5 Å². The Morgan fingerprint density at radius 3 is 2.81 bits per heavy atom. The number of nitrogens with one attached hydrogen (secondary N) is 1. The van der Waals surface area contributed by atoms with Crippen molar-refractivity contribution in [3.8, 4) is 23.0 Å². The number of anilines is 1. The normalized spacial score (nSPS) is 13.1. The number of hydrogen-bond donors (Lipinski definition) is 1. The molecular weight excluding hydrogens is 424 g/mol. The summed E-state index contributed by atoms with van der Waals surface area (Å²) >= 11 is 1.64. The van der Waals surface area contributed by atoms with E-state index in [2.05, 4.69) is 20.6 Å². The van der Waals surface area contributed by atoms with Gasteiger partial charge in [-0.25, -0.2) is 4.79 Å². The van der Waals surface area contributed by atoms with E-state index in [9.17, 15) is 4.79 Å². The molecule has 0 spiro atoms. The minimum Gasteiger partial charge on any atom is -0.332 e. The highest BCUT2D eigenvalue weighted by Crippen LogP contribution is 2.30. The van der Waals surface area contributed by atoms with Gasteiger partial charge in [-0.15, -0.1) is 11.8 Å². The standard InChI is InChI=1S/C23H22N6O2S/c1-28-19-11-12-29(23(30)24-16-9-6-10-17(13-16)32-2)14-18(19)20(26-28)22-25-21(27-31-22)15-7-4-3-5-8-15/h3-10,13H,11-12,14H2,1-2H3,(H,24,30). The van der Waals surface area contributed by atoms with Crippen LogP contribution in [0.25, 0.3) is 23.0 Å². The van der Waals surface area contributed by atoms with Gasteiger partial charge in [0.2, 0.25) is 5.82 Å². The Hall–Kier alpha value is -3.59. The maximum absolute atomic E-state index is 13.0. The summed E-state index contributed by atoms with van der Waals surface area (Å²) in [5.74, 6) is 0.870. The molecule has 0 saturated carbocycles. The fourth-order valence-corrected chi connectivity index (χ4v) is 4.32. The number of aromatic nitrogens is 4. The molecule has 2 aromatic heterocycles. The number of carbonyl (C=O) groups excluding carboxylic acids is 1. The van der Waals surface area contributed by atoms with Gasteiger partial charge in [0, 0.05) is 47.4 Å². The van der Waals surface area contributed by atoms with Crippen LogP contribution in [0.3, 0.4) is 0 Å². The summed E-state index contributed by atoms with van der Waals surface area (Å²) in [5, 5.41) is 11.8. The van der Waals surface area contributed by atoms with Gasteiger partial charge in [0.25, 0.3) is 5.89 Å². The molecule has 5 rings (SSSR count). The minimum atomic E-state index is -0.140. The molecule has 1 aliphatic rings. The van der Waals surface area contributed by atoms with Crippen molar-refractivity contribution in [2.75, 3.05) is 18.1 Å². The van der Waals surface area contributed by atoms with E-state index in [1.54, 1.807) is 16.7 Å². The molecular formula is C23H22N6O2S. The zero-order valence-electron chi connectivity index (χ0n) is 17.8. The fourth-order valence-electron chi connectivity index (χ4n) is 3.87. The molecule has 0 aliphatic carbocycles. The quantitative estimate of drug-likeness (QED) is 0.466. The molecule has 32 heavy (non-hydrogen) atoms. The van der Waals surface area contributed by atoms with E-state index in [4.69, 9.17) is 4.52 Å². The number of carbonyl (C=O) groups is 1. The van der Waals surface area contributed by atoms with Crippen LogP contribution >= 0.6 is 11.8 Å². The third-order valence-corrected chi connectivity index (χ3v) is 6.24. The number of amides is 2. The molecule has 9 heteroatoms. The van der Waals surface area contributed by atoms with Crippen LogP contribution in [-0.4, -0.2) is 43.7 Å². The Kier molecular flexibility index (Phi) is 5.40. The van der Waals surface area contributed by atoms with Crippen molar-refractivity contribution in [1.82, 2.24) is 24.8 Å². The third kappa shape index (κ3) is 3.87. The smallest absolute Gasteiger partial charge is 0.322 e. The summed E-state index contributed by atoms with van der Waals surface area (Å²) in [6.45, 7) is 1.04. The van der Waals surface area contributed by atoms with Gasteiger partial charge >= 0.3 is 6.03 Å². The molecule has 162 valence electrons. The second-order valence-electron chi connectivity index (χ2n) is 7.52. The number of nitrogens with zero attached hydrogens (tertiary/aromatic N) is 5. The Morgan fingerprint density at radius 1 is 1.16 bits per heavy atom. The van der Waals surface area contributed by atoms with Crippen LogP contribution in [-0.2, 0) is 20.0 Å². The maximum atomic E-state index is 13.0. The van der Waals surface area contributed by atoms with E-state index < -0.39 is 0 Å². The second kappa shape index (κ2) is 8.51. The topological polar surface area (TPSA) is 89.1 Å². The van der Waals surface area contributed by atoms with Crippen LogP contribution in [0.15, 0.2) is 64.0 Å². The molecule has 0 atom stereocenters. The first-order valence-corrected chi connectivity index (χ1v) is 11.5. The van der Waals surface area contributed by atoms with E-state index in [1.165, 1.54) is 0 Å². The zero-order chi connectivity index (χ0) is 22.1. The highest BCUT2D eigenvalue weighted by molar-refractivity contribution is 7.98. The van der Waals surface area contributed by atoms with Gasteiger partial charge in [-0.1, -0.05) is 41.6 Å². The van der Waals surface area contributed by atoms with Crippen molar-refractivity contribution in [1.29, 1.82) is 0 Å². The molecule has 0 saturated heterocycles. The first kappa shape index (κ1) is 20.3. The van der Waals surface area contributed by atoms with Crippen LogP contribution < -0.4 is 5.32 Å². The van der Waals surface area contributed by atoms with Crippen molar-refractivity contribution in [2.24, 2.45) is 7.05 Å². The lowest BCUT2D eigenvalue weighted by Crippen LogP contribution is -2.39. The van der Waals surface area contributed by atoms with Gasteiger partial charge < -0.3 is 14.7 Å². The highest BCUT2D eigenvalue weighted by atomic mass is 32.2. The molecule has 8 nitrogen and oxygen atoms in total. The van der Waals surface area contributed by atoms with Crippen LogP contribution in [0.4, 0.5) is 10.5 Å². The fraction of sp³-hybridized carbons (Fsp3) is 0.217. The van der Waals surface area contributed by atoms with Crippen molar-refractivity contribution in [2.45, 2.75) is 17.9 Å². The van der Waals surface area contributed by atoms with E-state index in [0.717, 1.165) is 27.4 Å². The molecule has 2 amide bonds. The SMILES string of the molecule is CSc1cccc(NC(=O)N2CCc3c(c(-c4nc(-c5ccccc5)no4)nn3C)C2)c1. The lowest BCUT2D eigenvalue weighted by Gasteiger charge is -2.27. The first-order chi connectivity index (χ1) is 15.6. The lowest BCUT2D eigenvalue weighted by atomic mass is 10.1. The summed E-state index contributed by atoms with van der Waals surface area (Å²) < 4.78 is 7.38. The van der Waals surface area contributed by atoms with Gasteiger partial charge in [0.05, 0.1) is 6.54 Å². The first-order valence-electron chi connectivity index (χ1n) is 10.3. The molecule has 3 heterocycles. The number of fused-ring (bicyclic) bond motifs is 1. The number of rotatable bonds is 4. The van der Waals surface area contributed by atoms with Crippen molar-refractivity contribution in [3.63, 3.8) is 0 Å². The monoisotopic (exact) mass is 446 g/mol.